The third kappa shape index (κ3) is 3.63. The number of hydrogen-bond acceptors (Lipinski definition) is 3. The third-order valence-corrected chi connectivity index (χ3v) is 2.94. The van der Waals surface area contributed by atoms with Crippen LogP contribution in [-0.2, 0) is 0 Å². The maximum atomic E-state index is 11.8. The zero-order chi connectivity index (χ0) is 12.8. The van der Waals surface area contributed by atoms with Gasteiger partial charge in [0.1, 0.15) is 5.75 Å². The third-order valence-electron chi connectivity index (χ3n) is 2.94. The molecule has 5 nitrogen and oxygen atoms in total. The highest BCUT2D eigenvalue weighted by Gasteiger charge is 2.12. The van der Waals surface area contributed by atoms with Crippen LogP contribution in [0.15, 0.2) is 24.3 Å². The predicted molar refractivity (Wildman–Crippen MR) is 70.6 cm³/mol. The Morgan fingerprint density at radius 1 is 1.28 bits per heavy atom. The number of anilines is 1. The minimum Gasteiger partial charge on any atom is -0.497 e. The number of methoxy groups -OCH3 is 1. The van der Waals surface area contributed by atoms with Gasteiger partial charge in [0.15, 0.2) is 0 Å². The second kappa shape index (κ2) is 6.26. The molecule has 1 fully saturated rings. The van der Waals surface area contributed by atoms with Crippen molar-refractivity contribution < 1.29 is 9.53 Å². The number of benzene rings is 1. The molecule has 0 atom stereocenters. The lowest BCUT2D eigenvalue weighted by atomic mass is 10.2. The first-order valence-corrected chi connectivity index (χ1v) is 6.24. The van der Waals surface area contributed by atoms with Gasteiger partial charge in [0.2, 0.25) is 0 Å². The quantitative estimate of drug-likeness (QED) is 0.863. The number of nitrogens with zero attached hydrogens (tertiary/aromatic N) is 1. The van der Waals surface area contributed by atoms with Crippen molar-refractivity contribution in [1.82, 2.24) is 10.4 Å². The van der Waals surface area contributed by atoms with Gasteiger partial charge in [-0.2, -0.15) is 0 Å². The standard InChI is InChI=1S/C13H19N3O2/c1-18-12-7-5-6-11(10-12)14-13(17)15-16-8-3-2-4-9-16/h5-7,10H,2-4,8-9H2,1H3,(H2,14,15,17). The smallest absolute Gasteiger partial charge is 0.333 e. The molecule has 1 heterocycles. The summed E-state index contributed by atoms with van der Waals surface area (Å²) in [6, 6.07) is 7.10. The Morgan fingerprint density at radius 2 is 2.06 bits per heavy atom. The van der Waals surface area contributed by atoms with Gasteiger partial charge in [0.05, 0.1) is 7.11 Å². The van der Waals surface area contributed by atoms with E-state index in [2.05, 4.69) is 10.7 Å². The van der Waals surface area contributed by atoms with E-state index in [0.717, 1.165) is 37.4 Å². The van der Waals surface area contributed by atoms with E-state index in [0.29, 0.717) is 0 Å². The number of ether oxygens (including phenoxy) is 1. The molecule has 0 spiro atoms. The number of amides is 2. The SMILES string of the molecule is COc1cccc(NC(=O)NN2CCCCC2)c1. The lowest BCUT2D eigenvalue weighted by Gasteiger charge is -2.26. The number of carbonyl (C=O) groups is 1. The van der Waals surface area contributed by atoms with Crippen LogP contribution in [0.25, 0.3) is 0 Å². The molecule has 0 aliphatic carbocycles. The normalized spacial score (nSPS) is 16.1. The van der Waals surface area contributed by atoms with Gasteiger partial charge in [-0.3, -0.25) is 5.43 Å². The summed E-state index contributed by atoms with van der Waals surface area (Å²) in [5.41, 5.74) is 3.57. The van der Waals surface area contributed by atoms with E-state index in [9.17, 15) is 4.79 Å². The molecule has 1 saturated heterocycles. The number of piperidine rings is 1. The minimum absolute atomic E-state index is 0.204. The Bertz CT molecular complexity index is 403. The fourth-order valence-electron chi connectivity index (χ4n) is 2.01. The molecule has 0 radical (unpaired) electrons. The summed E-state index contributed by atoms with van der Waals surface area (Å²) >= 11 is 0. The average molecular weight is 249 g/mol. The van der Waals surface area contributed by atoms with Crippen molar-refractivity contribution >= 4 is 11.7 Å². The summed E-state index contributed by atoms with van der Waals surface area (Å²) in [5.74, 6) is 0.728. The van der Waals surface area contributed by atoms with E-state index < -0.39 is 0 Å². The number of rotatable bonds is 3. The Balaban J connectivity index is 1.85. The molecule has 5 heteroatoms. The number of hydrogen-bond donors (Lipinski definition) is 2. The number of hydrazine groups is 1. The molecular formula is C13H19N3O2. The molecule has 0 bridgehead atoms. The van der Waals surface area contributed by atoms with Crippen molar-refractivity contribution in [3.05, 3.63) is 24.3 Å². The molecule has 2 rings (SSSR count). The van der Waals surface area contributed by atoms with Crippen LogP contribution in [0.3, 0.4) is 0 Å². The molecule has 1 aromatic rings. The topological polar surface area (TPSA) is 53.6 Å². The lowest BCUT2D eigenvalue weighted by molar-refractivity contribution is 0.162. The second-order valence-electron chi connectivity index (χ2n) is 4.35. The highest BCUT2D eigenvalue weighted by atomic mass is 16.5. The first kappa shape index (κ1) is 12.7. The van der Waals surface area contributed by atoms with Crippen LogP contribution >= 0.6 is 0 Å². The van der Waals surface area contributed by atoms with Crippen molar-refractivity contribution in [2.24, 2.45) is 0 Å². The van der Waals surface area contributed by atoms with E-state index in [1.54, 1.807) is 13.2 Å². The number of carbonyl (C=O) groups excluding carboxylic acids is 1. The molecular weight excluding hydrogens is 230 g/mol. The van der Waals surface area contributed by atoms with Crippen LogP contribution in [0.4, 0.5) is 10.5 Å². The second-order valence-corrected chi connectivity index (χ2v) is 4.35. The van der Waals surface area contributed by atoms with Crippen molar-refractivity contribution in [1.29, 1.82) is 0 Å². The molecule has 1 aliphatic heterocycles. The highest BCUT2D eigenvalue weighted by Crippen LogP contribution is 2.16. The number of urea groups is 1. The molecule has 18 heavy (non-hydrogen) atoms. The zero-order valence-electron chi connectivity index (χ0n) is 10.6. The van der Waals surface area contributed by atoms with E-state index in [4.69, 9.17) is 4.74 Å². The highest BCUT2D eigenvalue weighted by molar-refractivity contribution is 5.89. The van der Waals surface area contributed by atoms with E-state index in [-0.39, 0.29) is 6.03 Å². The number of nitrogens with one attached hydrogen (secondary N) is 2. The van der Waals surface area contributed by atoms with Gasteiger partial charge >= 0.3 is 6.03 Å². The summed E-state index contributed by atoms with van der Waals surface area (Å²) in [6.07, 6.45) is 3.52. The van der Waals surface area contributed by atoms with Crippen LogP contribution in [-0.4, -0.2) is 31.2 Å². The maximum Gasteiger partial charge on any atom is 0.333 e. The van der Waals surface area contributed by atoms with Crippen LogP contribution < -0.4 is 15.5 Å². The summed E-state index contributed by atoms with van der Waals surface area (Å²) < 4.78 is 5.10. The molecule has 1 aromatic carbocycles. The Kier molecular flexibility index (Phi) is 4.41. The zero-order valence-corrected chi connectivity index (χ0v) is 10.6. The van der Waals surface area contributed by atoms with Crippen LogP contribution in [0.5, 0.6) is 5.75 Å². The van der Waals surface area contributed by atoms with Crippen LogP contribution in [0.2, 0.25) is 0 Å². The fourth-order valence-corrected chi connectivity index (χ4v) is 2.01. The van der Waals surface area contributed by atoms with Crippen molar-refractivity contribution in [3.63, 3.8) is 0 Å². The van der Waals surface area contributed by atoms with Crippen LogP contribution in [0.1, 0.15) is 19.3 Å². The predicted octanol–water partition coefficient (Wildman–Crippen LogP) is 2.22. The van der Waals surface area contributed by atoms with Gasteiger partial charge < -0.3 is 10.1 Å². The molecule has 1 aliphatic rings. The minimum atomic E-state index is -0.204. The van der Waals surface area contributed by atoms with E-state index in [1.807, 2.05) is 23.2 Å². The van der Waals surface area contributed by atoms with Gasteiger partial charge in [0, 0.05) is 24.8 Å². The summed E-state index contributed by atoms with van der Waals surface area (Å²) in [4.78, 5) is 11.8. The summed E-state index contributed by atoms with van der Waals surface area (Å²) in [6.45, 7) is 1.84. The maximum absolute atomic E-state index is 11.8. The van der Waals surface area contributed by atoms with Gasteiger partial charge in [-0.05, 0) is 25.0 Å². The monoisotopic (exact) mass is 249 g/mol. The first-order valence-electron chi connectivity index (χ1n) is 6.24. The Hall–Kier alpha value is -1.75. The molecule has 2 amide bonds. The Labute approximate surface area is 107 Å². The fraction of sp³-hybridized carbons (Fsp3) is 0.462. The lowest BCUT2D eigenvalue weighted by Crippen LogP contribution is -2.46. The van der Waals surface area contributed by atoms with Gasteiger partial charge in [-0.15, -0.1) is 0 Å². The van der Waals surface area contributed by atoms with E-state index >= 15 is 0 Å². The van der Waals surface area contributed by atoms with Crippen molar-refractivity contribution in [3.8, 4) is 5.75 Å². The molecule has 0 aromatic heterocycles. The summed E-state index contributed by atoms with van der Waals surface area (Å²) in [7, 11) is 1.60. The van der Waals surface area contributed by atoms with Gasteiger partial charge in [0.25, 0.3) is 0 Å². The Morgan fingerprint density at radius 3 is 2.78 bits per heavy atom. The first-order chi connectivity index (χ1) is 8.78. The van der Waals surface area contributed by atoms with E-state index in [1.165, 1.54) is 6.42 Å². The largest absolute Gasteiger partial charge is 0.497 e. The van der Waals surface area contributed by atoms with Gasteiger partial charge in [-0.25, -0.2) is 9.80 Å². The average Bonchev–Trinajstić information content (AvgIpc) is 2.40. The summed E-state index contributed by atoms with van der Waals surface area (Å²) in [5, 5.41) is 4.75. The van der Waals surface area contributed by atoms with Crippen molar-refractivity contribution in [2.75, 3.05) is 25.5 Å². The molecule has 2 N–H and O–H groups in total. The van der Waals surface area contributed by atoms with Gasteiger partial charge in [-0.1, -0.05) is 12.5 Å². The van der Waals surface area contributed by atoms with Crippen molar-refractivity contribution in [2.45, 2.75) is 19.3 Å². The van der Waals surface area contributed by atoms with Crippen LogP contribution in [0, 0.1) is 0 Å². The molecule has 98 valence electrons. The molecule has 0 saturated carbocycles. The molecule has 0 unspecified atom stereocenters.